The van der Waals surface area contributed by atoms with E-state index in [1.807, 2.05) is 23.2 Å². The molecule has 2 fully saturated rings. The third-order valence-electron chi connectivity index (χ3n) is 5.10. The largest absolute Gasteiger partial charge is 0.363 e. The van der Waals surface area contributed by atoms with Gasteiger partial charge in [0, 0.05) is 18.4 Å². The fourth-order valence-electron chi connectivity index (χ4n) is 3.67. The van der Waals surface area contributed by atoms with E-state index in [9.17, 15) is 9.18 Å². The number of nitrogens with zero attached hydrogens (tertiary/aromatic N) is 1. The number of nitrogens with one attached hydrogen (secondary N) is 2. The minimum Gasteiger partial charge on any atom is -0.363 e. The third kappa shape index (κ3) is 3.03. The maximum Gasteiger partial charge on any atom is 0.318 e. The minimum atomic E-state index is -0.244. The van der Waals surface area contributed by atoms with Crippen LogP contribution in [0.25, 0.3) is 0 Å². The molecule has 126 valence electrons. The van der Waals surface area contributed by atoms with Crippen LogP contribution in [-0.4, -0.2) is 22.5 Å². The molecule has 24 heavy (non-hydrogen) atoms. The van der Waals surface area contributed by atoms with Gasteiger partial charge in [0.2, 0.25) is 0 Å². The number of urea groups is 1. The van der Waals surface area contributed by atoms with Crippen LogP contribution in [0.2, 0.25) is 0 Å². The number of H-pyrrole nitrogens is 1. The normalized spacial score (nSPS) is 21.7. The van der Waals surface area contributed by atoms with Gasteiger partial charge in [-0.1, -0.05) is 12.1 Å². The van der Waals surface area contributed by atoms with E-state index in [2.05, 4.69) is 10.3 Å². The lowest BCUT2D eigenvalue weighted by molar-refractivity contribution is 0.186. The molecule has 0 spiro atoms. The highest BCUT2D eigenvalue weighted by Gasteiger charge is 2.37. The van der Waals surface area contributed by atoms with Crippen LogP contribution in [0.5, 0.6) is 0 Å². The molecule has 2 heterocycles. The average molecular weight is 327 g/mol. The second kappa shape index (κ2) is 6.30. The second-order valence-electron chi connectivity index (χ2n) is 6.79. The summed E-state index contributed by atoms with van der Waals surface area (Å²) in [5.74, 6) is 0.219. The number of amides is 2. The first-order valence-corrected chi connectivity index (χ1v) is 8.68. The van der Waals surface area contributed by atoms with E-state index in [0.29, 0.717) is 5.92 Å². The van der Waals surface area contributed by atoms with Gasteiger partial charge >= 0.3 is 6.03 Å². The zero-order valence-electron chi connectivity index (χ0n) is 13.5. The summed E-state index contributed by atoms with van der Waals surface area (Å²) >= 11 is 0. The third-order valence-corrected chi connectivity index (χ3v) is 5.10. The number of halogens is 1. The van der Waals surface area contributed by atoms with E-state index >= 15 is 0 Å². The number of benzene rings is 1. The maximum absolute atomic E-state index is 13.2. The van der Waals surface area contributed by atoms with Crippen molar-refractivity contribution in [3.8, 4) is 0 Å². The summed E-state index contributed by atoms with van der Waals surface area (Å²) in [5, 5.41) is 3.20. The molecule has 1 saturated heterocycles. The molecule has 1 aromatic carbocycles. The zero-order chi connectivity index (χ0) is 16.5. The number of aromatic amines is 1. The summed E-state index contributed by atoms with van der Waals surface area (Å²) < 4.78 is 13.2. The van der Waals surface area contributed by atoms with E-state index in [-0.39, 0.29) is 23.9 Å². The molecule has 5 heteroatoms. The summed E-state index contributed by atoms with van der Waals surface area (Å²) in [5.41, 5.74) is 2.08. The van der Waals surface area contributed by atoms with Crippen LogP contribution in [0.15, 0.2) is 42.6 Å². The minimum absolute atomic E-state index is 0.0201. The molecule has 2 N–H and O–H groups in total. The number of hydrogen-bond acceptors (Lipinski definition) is 1. The highest BCUT2D eigenvalue weighted by atomic mass is 19.1. The fourth-order valence-corrected chi connectivity index (χ4v) is 3.67. The molecule has 0 bridgehead atoms. The van der Waals surface area contributed by atoms with Gasteiger partial charge in [-0.15, -0.1) is 0 Å². The molecule has 2 atom stereocenters. The van der Waals surface area contributed by atoms with Crippen molar-refractivity contribution >= 4 is 6.03 Å². The molecule has 1 saturated carbocycles. The molecule has 0 radical (unpaired) electrons. The fraction of sp³-hybridized carbons (Fsp3) is 0.421. The molecule has 1 aliphatic heterocycles. The lowest BCUT2D eigenvalue weighted by atomic mass is 10.0. The number of likely N-dealkylation sites (tertiary alicyclic amines) is 1. The SMILES string of the molecule is O=C(N[C@@H](c1ccc(F)cc1)C1CC1)N1CCC[C@@H]1c1ccc[nH]1. The molecule has 2 aliphatic rings. The highest BCUT2D eigenvalue weighted by molar-refractivity contribution is 5.75. The van der Waals surface area contributed by atoms with Crippen molar-refractivity contribution < 1.29 is 9.18 Å². The Balaban J connectivity index is 1.50. The number of aromatic nitrogens is 1. The molecule has 2 aromatic rings. The molecule has 4 nitrogen and oxygen atoms in total. The van der Waals surface area contributed by atoms with Crippen LogP contribution >= 0.6 is 0 Å². The lowest BCUT2D eigenvalue weighted by Gasteiger charge is -2.28. The Morgan fingerprint density at radius 3 is 2.67 bits per heavy atom. The maximum atomic E-state index is 13.2. The molecular weight excluding hydrogens is 305 g/mol. The first-order valence-electron chi connectivity index (χ1n) is 8.68. The predicted octanol–water partition coefficient (Wildman–Crippen LogP) is 4.15. The van der Waals surface area contributed by atoms with Gasteiger partial charge in [-0.25, -0.2) is 9.18 Å². The molecule has 1 aromatic heterocycles. The summed E-state index contributed by atoms with van der Waals surface area (Å²) in [7, 11) is 0. The van der Waals surface area contributed by atoms with Gasteiger partial charge in [-0.05, 0) is 61.4 Å². The smallest absolute Gasteiger partial charge is 0.318 e. The van der Waals surface area contributed by atoms with Crippen molar-refractivity contribution in [2.45, 2.75) is 37.8 Å². The standard InChI is InChI=1S/C19H22FN3O/c20-15-9-7-14(8-10-15)18(13-5-6-13)22-19(24)23-12-2-4-17(23)16-3-1-11-21-16/h1,3,7-11,13,17-18,21H,2,4-6,12H2,(H,22,24)/t17-,18-/m1/s1. The van der Waals surface area contributed by atoms with E-state index in [4.69, 9.17) is 0 Å². The zero-order valence-corrected chi connectivity index (χ0v) is 13.5. The Bertz CT molecular complexity index is 694. The van der Waals surface area contributed by atoms with Crippen LogP contribution in [0.1, 0.15) is 49.0 Å². The van der Waals surface area contributed by atoms with Gasteiger partial charge in [-0.2, -0.15) is 0 Å². The summed E-state index contributed by atoms with van der Waals surface area (Å²) in [6.45, 7) is 0.774. The summed E-state index contributed by atoms with van der Waals surface area (Å²) in [6, 6.07) is 10.6. The van der Waals surface area contributed by atoms with E-state index in [1.165, 1.54) is 12.1 Å². The van der Waals surface area contributed by atoms with Crippen LogP contribution < -0.4 is 5.32 Å². The van der Waals surface area contributed by atoms with Crippen LogP contribution in [-0.2, 0) is 0 Å². The van der Waals surface area contributed by atoms with Gasteiger partial charge in [0.05, 0.1) is 12.1 Å². The Labute approximate surface area is 141 Å². The van der Waals surface area contributed by atoms with E-state index in [0.717, 1.165) is 43.5 Å². The van der Waals surface area contributed by atoms with Gasteiger partial charge < -0.3 is 15.2 Å². The molecular formula is C19H22FN3O. The van der Waals surface area contributed by atoms with E-state index < -0.39 is 0 Å². The van der Waals surface area contributed by atoms with Gasteiger partial charge in [0.1, 0.15) is 5.82 Å². The van der Waals surface area contributed by atoms with Gasteiger partial charge in [0.25, 0.3) is 0 Å². The van der Waals surface area contributed by atoms with Crippen molar-refractivity contribution in [2.24, 2.45) is 5.92 Å². The Morgan fingerprint density at radius 1 is 1.21 bits per heavy atom. The topological polar surface area (TPSA) is 48.1 Å². The Hall–Kier alpha value is -2.30. The van der Waals surface area contributed by atoms with Gasteiger partial charge in [0.15, 0.2) is 0 Å². The van der Waals surface area contributed by atoms with Crippen LogP contribution in [0.4, 0.5) is 9.18 Å². The van der Waals surface area contributed by atoms with E-state index in [1.54, 1.807) is 12.1 Å². The first kappa shape index (κ1) is 15.2. The quantitative estimate of drug-likeness (QED) is 0.870. The predicted molar refractivity (Wildman–Crippen MR) is 89.9 cm³/mol. The Kier molecular flexibility index (Phi) is 4.00. The number of hydrogen-bond donors (Lipinski definition) is 2. The molecule has 4 rings (SSSR count). The monoisotopic (exact) mass is 327 g/mol. The van der Waals surface area contributed by atoms with Crippen LogP contribution in [0.3, 0.4) is 0 Å². The van der Waals surface area contributed by atoms with Crippen LogP contribution in [0, 0.1) is 11.7 Å². The van der Waals surface area contributed by atoms with Crippen molar-refractivity contribution in [1.82, 2.24) is 15.2 Å². The van der Waals surface area contributed by atoms with Gasteiger partial charge in [-0.3, -0.25) is 0 Å². The second-order valence-corrected chi connectivity index (χ2v) is 6.79. The molecule has 2 amide bonds. The highest BCUT2D eigenvalue weighted by Crippen LogP contribution is 2.41. The number of rotatable bonds is 4. The Morgan fingerprint density at radius 2 is 2.00 bits per heavy atom. The number of carbonyl (C=O) groups excluding carboxylic acids is 1. The lowest BCUT2D eigenvalue weighted by Crippen LogP contribution is -2.42. The van der Waals surface area contributed by atoms with Crippen molar-refractivity contribution in [2.75, 3.05) is 6.54 Å². The first-order chi connectivity index (χ1) is 11.7. The van der Waals surface area contributed by atoms with Crippen molar-refractivity contribution in [3.05, 3.63) is 59.7 Å². The summed E-state index contributed by atoms with van der Waals surface area (Å²) in [6.07, 6.45) is 6.13. The van der Waals surface area contributed by atoms with Crippen molar-refractivity contribution in [3.63, 3.8) is 0 Å². The van der Waals surface area contributed by atoms with Crippen molar-refractivity contribution in [1.29, 1.82) is 0 Å². The number of carbonyl (C=O) groups is 1. The average Bonchev–Trinajstić information content (AvgIpc) is 3.09. The molecule has 0 unspecified atom stereocenters. The summed E-state index contributed by atoms with van der Waals surface area (Å²) in [4.78, 5) is 18.0. The molecule has 1 aliphatic carbocycles.